The van der Waals surface area contributed by atoms with E-state index in [0.717, 1.165) is 17.4 Å². The molecule has 1 aromatic carbocycles. The molecule has 4 heteroatoms. The first kappa shape index (κ1) is 15.7. The van der Waals surface area contributed by atoms with Gasteiger partial charge in [0.1, 0.15) is 5.75 Å². The van der Waals surface area contributed by atoms with Crippen molar-refractivity contribution in [3.63, 3.8) is 0 Å². The van der Waals surface area contributed by atoms with Crippen LogP contribution < -0.4 is 15.8 Å². The van der Waals surface area contributed by atoms with Gasteiger partial charge >= 0.3 is 0 Å². The van der Waals surface area contributed by atoms with Crippen molar-refractivity contribution in [2.45, 2.75) is 51.5 Å². The van der Waals surface area contributed by atoms with E-state index in [-0.39, 0.29) is 12.3 Å². The molecule has 0 bridgehead atoms. The summed E-state index contributed by atoms with van der Waals surface area (Å²) in [6, 6.07) is 8.53. The Labute approximate surface area is 127 Å². The maximum Gasteiger partial charge on any atom is 0.220 e. The molecule has 0 saturated heterocycles. The summed E-state index contributed by atoms with van der Waals surface area (Å²) in [6.45, 7) is 2.62. The van der Waals surface area contributed by atoms with Crippen molar-refractivity contribution in [1.29, 1.82) is 0 Å². The first-order chi connectivity index (χ1) is 10.2. The van der Waals surface area contributed by atoms with Gasteiger partial charge in [-0.3, -0.25) is 4.79 Å². The predicted molar refractivity (Wildman–Crippen MR) is 85.4 cm³/mol. The third-order valence-electron chi connectivity index (χ3n) is 4.20. The number of hydrogen-bond donors (Lipinski definition) is 2. The highest BCUT2D eigenvalue weighted by Crippen LogP contribution is 2.29. The lowest BCUT2D eigenvalue weighted by Crippen LogP contribution is -2.26. The molecule has 4 nitrogen and oxygen atoms in total. The monoisotopic (exact) mass is 290 g/mol. The van der Waals surface area contributed by atoms with Gasteiger partial charge in [0.2, 0.25) is 5.91 Å². The standard InChI is InChI=1S/C17H26N2O2/c1-2-13-4-3-5-15(12-13)19-14-6-8-16(9-7-14)21-11-10-17(18)20/h6-9,13,15,19H,2-5,10-12H2,1H3,(H2,18,20). The largest absolute Gasteiger partial charge is 0.493 e. The molecular formula is C17H26N2O2. The topological polar surface area (TPSA) is 64.3 Å². The summed E-state index contributed by atoms with van der Waals surface area (Å²) in [4.78, 5) is 10.6. The van der Waals surface area contributed by atoms with E-state index in [1.165, 1.54) is 32.1 Å². The van der Waals surface area contributed by atoms with Crippen molar-refractivity contribution in [2.75, 3.05) is 11.9 Å². The molecule has 3 N–H and O–H groups in total. The van der Waals surface area contributed by atoms with Gasteiger partial charge in [-0.25, -0.2) is 0 Å². The third kappa shape index (κ3) is 5.29. The van der Waals surface area contributed by atoms with Crippen molar-refractivity contribution in [3.05, 3.63) is 24.3 Å². The fourth-order valence-corrected chi connectivity index (χ4v) is 2.95. The van der Waals surface area contributed by atoms with E-state index in [1.54, 1.807) is 0 Å². The second-order valence-corrected chi connectivity index (χ2v) is 5.87. The van der Waals surface area contributed by atoms with Crippen molar-refractivity contribution in [3.8, 4) is 5.75 Å². The zero-order valence-electron chi connectivity index (χ0n) is 12.8. The van der Waals surface area contributed by atoms with Crippen LogP contribution in [-0.2, 0) is 4.79 Å². The third-order valence-corrected chi connectivity index (χ3v) is 4.20. The summed E-state index contributed by atoms with van der Waals surface area (Å²) in [5.74, 6) is 1.31. The second-order valence-electron chi connectivity index (χ2n) is 5.87. The average molecular weight is 290 g/mol. The zero-order chi connectivity index (χ0) is 15.1. The first-order valence-corrected chi connectivity index (χ1v) is 7.95. The number of nitrogens with one attached hydrogen (secondary N) is 1. The van der Waals surface area contributed by atoms with Gasteiger partial charge < -0.3 is 15.8 Å². The molecule has 1 aromatic rings. The van der Waals surface area contributed by atoms with Crippen LogP contribution in [0.2, 0.25) is 0 Å². The van der Waals surface area contributed by atoms with E-state index < -0.39 is 0 Å². The number of rotatable bonds is 7. The Morgan fingerprint density at radius 1 is 1.33 bits per heavy atom. The molecule has 1 aliphatic rings. The van der Waals surface area contributed by atoms with Gasteiger partial charge in [-0.15, -0.1) is 0 Å². The summed E-state index contributed by atoms with van der Waals surface area (Å²) in [5, 5.41) is 3.62. The predicted octanol–water partition coefficient (Wildman–Crippen LogP) is 3.32. The molecule has 1 fully saturated rings. The van der Waals surface area contributed by atoms with Gasteiger partial charge in [0.15, 0.2) is 0 Å². The van der Waals surface area contributed by atoms with Crippen LogP contribution in [0.15, 0.2) is 24.3 Å². The van der Waals surface area contributed by atoms with E-state index in [1.807, 2.05) is 24.3 Å². The molecule has 116 valence electrons. The number of anilines is 1. The fourth-order valence-electron chi connectivity index (χ4n) is 2.95. The highest BCUT2D eigenvalue weighted by molar-refractivity contribution is 5.73. The van der Waals surface area contributed by atoms with Crippen LogP contribution in [0.3, 0.4) is 0 Å². The Hall–Kier alpha value is -1.71. The van der Waals surface area contributed by atoms with Gasteiger partial charge in [0, 0.05) is 11.7 Å². The maximum absolute atomic E-state index is 10.6. The lowest BCUT2D eigenvalue weighted by Gasteiger charge is -2.29. The van der Waals surface area contributed by atoms with Gasteiger partial charge in [-0.05, 0) is 43.0 Å². The minimum absolute atomic E-state index is 0.250. The number of ether oxygens (including phenoxy) is 1. The molecule has 2 atom stereocenters. The molecule has 0 aromatic heterocycles. The number of amides is 1. The van der Waals surface area contributed by atoms with Crippen molar-refractivity contribution >= 4 is 11.6 Å². The number of carbonyl (C=O) groups is 1. The van der Waals surface area contributed by atoms with Crippen LogP contribution in [-0.4, -0.2) is 18.6 Å². The van der Waals surface area contributed by atoms with Crippen molar-refractivity contribution in [2.24, 2.45) is 11.7 Å². The molecule has 0 radical (unpaired) electrons. The van der Waals surface area contributed by atoms with E-state index in [0.29, 0.717) is 12.6 Å². The van der Waals surface area contributed by atoms with Gasteiger partial charge in [0.05, 0.1) is 13.0 Å². The molecule has 0 spiro atoms. The molecular weight excluding hydrogens is 264 g/mol. The number of benzene rings is 1. The second kappa shape index (κ2) is 7.91. The van der Waals surface area contributed by atoms with Crippen LogP contribution in [0.4, 0.5) is 5.69 Å². The van der Waals surface area contributed by atoms with Crippen LogP contribution in [0.25, 0.3) is 0 Å². The minimum Gasteiger partial charge on any atom is -0.493 e. The summed E-state index contributed by atoms with van der Waals surface area (Å²) in [7, 11) is 0. The first-order valence-electron chi connectivity index (χ1n) is 7.95. The zero-order valence-corrected chi connectivity index (χ0v) is 12.8. The highest BCUT2D eigenvalue weighted by atomic mass is 16.5. The van der Waals surface area contributed by atoms with Crippen molar-refractivity contribution < 1.29 is 9.53 Å². The number of carbonyl (C=O) groups excluding carboxylic acids is 1. The summed E-state index contributed by atoms with van der Waals surface area (Å²) in [6.07, 6.45) is 6.76. The fraction of sp³-hybridized carbons (Fsp3) is 0.588. The lowest BCUT2D eigenvalue weighted by atomic mass is 9.84. The summed E-state index contributed by atoms with van der Waals surface area (Å²) < 4.78 is 5.47. The molecule has 0 heterocycles. The van der Waals surface area contributed by atoms with E-state index in [9.17, 15) is 4.79 Å². The summed E-state index contributed by atoms with van der Waals surface area (Å²) in [5.41, 5.74) is 6.22. The average Bonchev–Trinajstić information content (AvgIpc) is 2.49. The molecule has 2 rings (SSSR count). The molecule has 1 aliphatic carbocycles. The van der Waals surface area contributed by atoms with E-state index in [4.69, 9.17) is 10.5 Å². The molecule has 1 saturated carbocycles. The van der Waals surface area contributed by atoms with Gasteiger partial charge in [-0.1, -0.05) is 26.2 Å². The van der Waals surface area contributed by atoms with Crippen LogP contribution >= 0.6 is 0 Å². The Kier molecular flexibility index (Phi) is 5.90. The van der Waals surface area contributed by atoms with Gasteiger partial charge in [-0.2, -0.15) is 0 Å². The molecule has 1 amide bonds. The van der Waals surface area contributed by atoms with Crippen LogP contribution in [0, 0.1) is 5.92 Å². The lowest BCUT2D eigenvalue weighted by molar-refractivity contribution is -0.118. The SMILES string of the molecule is CCC1CCCC(Nc2ccc(OCCC(N)=O)cc2)C1. The Bertz CT molecular complexity index is 445. The maximum atomic E-state index is 10.6. The molecule has 2 unspecified atom stereocenters. The van der Waals surface area contributed by atoms with E-state index in [2.05, 4.69) is 12.2 Å². The summed E-state index contributed by atoms with van der Waals surface area (Å²) >= 11 is 0. The van der Waals surface area contributed by atoms with Gasteiger partial charge in [0.25, 0.3) is 0 Å². The number of hydrogen-bond acceptors (Lipinski definition) is 3. The van der Waals surface area contributed by atoms with E-state index >= 15 is 0 Å². The minimum atomic E-state index is -0.337. The Balaban J connectivity index is 1.80. The highest BCUT2D eigenvalue weighted by Gasteiger charge is 2.20. The number of primary amides is 1. The van der Waals surface area contributed by atoms with Crippen LogP contribution in [0.1, 0.15) is 45.4 Å². The molecule has 21 heavy (non-hydrogen) atoms. The number of nitrogens with two attached hydrogens (primary N) is 1. The van der Waals surface area contributed by atoms with Crippen molar-refractivity contribution in [1.82, 2.24) is 0 Å². The smallest absolute Gasteiger partial charge is 0.220 e. The Morgan fingerprint density at radius 3 is 2.76 bits per heavy atom. The van der Waals surface area contributed by atoms with Crippen LogP contribution in [0.5, 0.6) is 5.75 Å². The quantitative estimate of drug-likeness (QED) is 0.809. The molecule has 0 aliphatic heterocycles. The normalized spacial score (nSPS) is 21.8. The Morgan fingerprint density at radius 2 is 2.10 bits per heavy atom.